The number of alkyl halides is 2. The van der Waals surface area contributed by atoms with Crippen molar-refractivity contribution in [2.45, 2.75) is 18.6 Å². The van der Waals surface area contributed by atoms with E-state index in [0.29, 0.717) is 0 Å². The molecule has 0 aromatic heterocycles. The average molecular weight is 203 g/mol. The van der Waals surface area contributed by atoms with Gasteiger partial charge in [0.15, 0.2) is 0 Å². The normalized spacial score (nSPS) is 15.1. The predicted octanol–water partition coefficient (Wildman–Crippen LogP) is -0.448. The molecule has 1 unspecified atom stereocenters. The van der Waals surface area contributed by atoms with E-state index in [9.17, 15) is 17.2 Å². The van der Waals surface area contributed by atoms with Gasteiger partial charge in [-0.15, -0.1) is 0 Å². The van der Waals surface area contributed by atoms with Crippen LogP contribution in [0.5, 0.6) is 0 Å². The number of rotatable bonds is 5. The maximum Gasteiger partial charge on any atom is 0.251 e. The third-order valence-electron chi connectivity index (χ3n) is 1.23. The molecule has 0 aromatic rings. The van der Waals surface area contributed by atoms with Crippen LogP contribution in [0.25, 0.3) is 0 Å². The molecule has 4 nitrogen and oxygen atoms in total. The maximum absolute atomic E-state index is 11.5. The lowest BCUT2D eigenvalue weighted by Gasteiger charge is -2.10. The Bertz CT molecular complexity index is 217. The molecular formula is C5H11F2NO3S. The summed E-state index contributed by atoms with van der Waals surface area (Å²) in [6.45, 7) is -0.265. The number of aliphatic hydroxyl groups excluding tert-OH is 1. The van der Waals surface area contributed by atoms with Crippen LogP contribution in [-0.2, 0) is 10.0 Å². The summed E-state index contributed by atoms with van der Waals surface area (Å²) in [6.07, 6.45) is -2.72. The fourth-order valence-corrected chi connectivity index (χ4v) is 1.26. The molecule has 0 saturated heterocycles. The minimum Gasteiger partial charge on any atom is -0.395 e. The van der Waals surface area contributed by atoms with Gasteiger partial charge in [0.05, 0.1) is 18.4 Å². The number of hydrogen-bond donors (Lipinski definition) is 2. The van der Waals surface area contributed by atoms with E-state index >= 15 is 0 Å². The van der Waals surface area contributed by atoms with Gasteiger partial charge >= 0.3 is 0 Å². The second-order valence-electron chi connectivity index (χ2n) is 2.28. The second kappa shape index (κ2) is 4.68. The number of nitrogens with one attached hydrogen (secondary N) is 1. The van der Waals surface area contributed by atoms with E-state index in [-0.39, 0.29) is 0 Å². The Morgan fingerprint density at radius 1 is 1.50 bits per heavy atom. The summed E-state index contributed by atoms with van der Waals surface area (Å²) in [7, 11) is -3.79. The van der Waals surface area contributed by atoms with Crippen molar-refractivity contribution in [2.24, 2.45) is 0 Å². The average Bonchev–Trinajstić information content (AvgIpc) is 1.99. The standard InChI is InChI=1S/C5H11F2NO3S/c1-4(3-9)12(10,11)8-2-5(6)7/h4-5,8-9H,2-3H2,1H3. The van der Waals surface area contributed by atoms with E-state index in [1.165, 1.54) is 6.92 Å². The van der Waals surface area contributed by atoms with Crippen LogP contribution >= 0.6 is 0 Å². The fraction of sp³-hybridized carbons (Fsp3) is 1.00. The SMILES string of the molecule is CC(CO)S(=O)(=O)NCC(F)F. The highest BCUT2D eigenvalue weighted by Gasteiger charge is 2.20. The molecular weight excluding hydrogens is 192 g/mol. The van der Waals surface area contributed by atoms with Crippen molar-refractivity contribution in [3.05, 3.63) is 0 Å². The Kier molecular flexibility index (Phi) is 4.58. The molecule has 0 amide bonds. The lowest BCUT2D eigenvalue weighted by atomic mass is 10.5. The molecule has 0 bridgehead atoms. The summed E-state index contributed by atoms with van der Waals surface area (Å²) in [5.41, 5.74) is 0. The molecule has 0 heterocycles. The molecule has 0 saturated carbocycles. The van der Waals surface area contributed by atoms with E-state index in [1.807, 2.05) is 0 Å². The van der Waals surface area contributed by atoms with Gasteiger partial charge in [-0.2, -0.15) is 0 Å². The second-order valence-corrected chi connectivity index (χ2v) is 4.46. The fourth-order valence-electron chi connectivity index (χ4n) is 0.420. The van der Waals surface area contributed by atoms with Gasteiger partial charge in [-0.25, -0.2) is 21.9 Å². The van der Waals surface area contributed by atoms with E-state index < -0.39 is 34.9 Å². The molecule has 1 atom stereocenters. The Morgan fingerprint density at radius 2 is 2.00 bits per heavy atom. The van der Waals surface area contributed by atoms with Gasteiger partial charge in [-0.05, 0) is 6.92 Å². The van der Waals surface area contributed by atoms with Gasteiger partial charge in [-0.1, -0.05) is 0 Å². The molecule has 2 N–H and O–H groups in total. The molecule has 74 valence electrons. The minimum absolute atomic E-state index is 0.585. The van der Waals surface area contributed by atoms with E-state index in [2.05, 4.69) is 0 Å². The lowest BCUT2D eigenvalue weighted by molar-refractivity contribution is 0.153. The van der Waals surface area contributed by atoms with Crippen LogP contribution in [0.4, 0.5) is 8.78 Å². The Labute approximate surface area is 69.6 Å². The predicted molar refractivity (Wildman–Crippen MR) is 39.5 cm³/mol. The van der Waals surface area contributed by atoms with Crippen LogP contribution in [0.1, 0.15) is 6.92 Å². The van der Waals surface area contributed by atoms with Crippen molar-refractivity contribution in [1.29, 1.82) is 0 Å². The Balaban J connectivity index is 4.06. The first-order chi connectivity index (χ1) is 5.40. The number of aliphatic hydroxyl groups is 1. The quantitative estimate of drug-likeness (QED) is 0.636. The van der Waals surface area contributed by atoms with Crippen molar-refractivity contribution < 1.29 is 22.3 Å². The molecule has 12 heavy (non-hydrogen) atoms. The number of hydrogen-bond acceptors (Lipinski definition) is 3. The summed E-state index contributed by atoms with van der Waals surface area (Å²) in [5, 5.41) is 7.37. The van der Waals surface area contributed by atoms with Crippen LogP contribution in [-0.4, -0.2) is 38.4 Å². The van der Waals surface area contributed by atoms with Crippen molar-refractivity contribution >= 4 is 10.0 Å². The number of sulfonamides is 1. The monoisotopic (exact) mass is 203 g/mol. The minimum atomic E-state index is -3.79. The molecule has 7 heteroatoms. The highest BCUT2D eigenvalue weighted by Crippen LogP contribution is 1.98. The molecule has 0 rings (SSSR count). The van der Waals surface area contributed by atoms with E-state index in [1.54, 1.807) is 4.72 Å². The summed E-state index contributed by atoms with van der Waals surface area (Å²) in [5.74, 6) is 0. The zero-order valence-corrected chi connectivity index (χ0v) is 7.31. The summed E-state index contributed by atoms with van der Waals surface area (Å²) >= 11 is 0. The highest BCUT2D eigenvalue weighted by molar-refractivity contribution is 7.90. The third kappa shape index (κ3) is 3.93. The van der Waals surface area contributed by atoms with Crippen molar-refractivity contribution in [2.75, 3.05) is 13.2 Å². The zero-order chi connectivity index (χ0) is 9.78. The van der Waals surface area contributed by atoms with Crippen LogP contribution < -0.4 is 4.72 Å². The smallest absolute Gasteiger partial charge is 0.251 e. The van der Waals surface area contributed by atoms with Gasteiger partial charge in [0.2, 0.25) is 10.0 Å². The molecule has 0 radical (unpaired) electrons. The molecule has 0 fully saturated rings. The largest absolute Gasteiger partial charge is 0.395 e. The lowest BCUT2D eigenvalue weighted by Crippen LogP contribution is -2.37. The highest BCUT2D eigenvalue weighted by atomic mass is 32.2. The van der Waals surface area contributed by atoms with Gasteiger partial charge in [0.25, 0.3) is 6.43 Å². The molecule has 0 spiro atoms. The van der Waals surface area contributed by atoms with E-state index in [4.69, 9.17) is 5.11 Å². The Hall–Kier alpha value is -0.270. The summed E-state index contributed by atoms with van der Waals surface area (Å²) in [6, 6.07) is 0. The van der Waals surface area contributed by atoms with Gasteiger partial charge in [0, 0.05) is 0 Å². The van der Waals surface area contributed by atoms with Crippen LogP contribution in [0, 0.1) is 0 Å². The first-order valence-corrected chi connectivity index (χ1v) is 4.82. The first-order valence-electron chi connectivity index (χ1n) is 3.27. The van der Waals surface area contributed by atoms with Crippen molar-refractivity contribution in [1.82, 2.24) is 4.72 Å². The number of halogens is 2. The van der Waals surface area contributed by atoms with Crippen LogP contribution in [0.2, 0.25) is 0 Å². The van der Waals surface area contributed by atoms with Crippen LogP contribution in [0.15, 0.2) is 0 Å². The molecule has 0 aliphatic rings. The topological polar surface area (TPSA) is 66.4 Å². The molecule has 0 aliphatic carbocycles. The molecule has 0 aromatic carbocycles. The first kappa shape index (κ1) is 11.7. The third-order valence-corrected chi connectivity index (χ3v) is 3.00. The van der Waals surface area contributed by atoms with Crippen molar-refractivity contribution in [3.8, 4) is 0 Å². The van der Waals surface area contributed by atoms with E-state index in [0.717, 1.165) is 0 Å². The summed E-state index contributed by atoms with van der Waals surface area (Å²) in [4.78, 5) is 0. The Morgan fingerprint density at radius 3 is 2.33 bits per heavy atom. The van der Waals surface area contributed by atoms with Gasteiger partial charge in [0.1, 0.15) is 0 Å². The van der Waals surface area contributed by atoms with Gasteiger partial charge < -0.3 is 5.11 Å². The van der Waals surface area contributed by atoms with Gasteiger partial charge in [-0.3, -0.25) is 0 Å². The van der Waals surface area contributed by atoms with Crippen molar-refractivity contribution in [3.63, 3.8) is 0 Å². The molecule has 0 aliphatic heterocycles. The maximum atomic E-state index is 11.5. The summed E-state index contributed by atoms with van der Waals surface area (Å²) < 4.78 is 46.5. The zero-order valence-electron chi connectivity index (χ0n) is 6.50. The van der Waals surface area contributed by atoms with Crippen LogP contribution in [0.3, 0.4) is 0 Å².